The normalized spacial score (nSPS) is 16.9. The molecule has 5 heterocycles. The molecule has 0 bridgehead atoms. The number of nitrogens with one attached hydrogen (secondary N) is 1. The van der Waals surface area contributed by atoms with Gasteiger partial charge in [-0.1, -0.05) is 6.07 Å². The number of halogens is 3. The number of aryl methyl sites for hydroxylation is 1. The predicted molar refractivity (Wildman–Crippen MR) is 148 cm³/mol. The molecule has 12 heteroatoms. The SMILES string of the molecule is Cc1cc(-c2nc(C(F)(F)F)cs2)c(-c2ccc3c(c2)c(=O)c(C(=O)N2CCNCC2)cn3C2CN(C)C2)cn1. The van der Waals surface area contributed by atoms with Gasteiger partial charge in [0.1, 0.15) is 10.6 Å². The van der Waals surface area contributed by atoms with E-state index in [2.05, 4.69) is 20.2 Å². The van der Waals surface area contributed by atoms with Crippen LogP contribution in [0.15, 0.2) is 46.8 Å². The Kier molecular flexibility index (Phi) is 6.71. The lowest BCUT2D eigenvalue weighted by molar-refractivity contribution is -0.140. The molecule has 0 radical (unpaired) electrons. The minimum absolute atomic E-state index is 0.112. The zero-order chi connectivity index (χ0) is 28.2. The predicted octanol–water partition coefficient (Wildman–Crippen LogP) is 4.05. The molecule has 3 aromatic heterocycles. The molecule has 2 fully saturated rings. The zero-order valence-electron chi connectivity index (χ0n) is 22.0. The molecule has 4 aromatic rings. The number of likely N-dealkylation sites (tertiary alicyclic amines) is 1. The minimum atomic E-state index is -4.55. The van der Waals surface area contributed by atoms with Crippen LogP contribution in [0.1, 0.15) is 27.8 Å². The molecule has 40 heavy (non-hydrogen) atoms. The first-order chi connectivity index (χ1) is 19.1. The third-order valence-electron chi connectivity index (χ3n) is 7.48. The molecular weight excluding hydrogens is 541 g/mol. The summed E-state index contributed by atoms with van der Waals surface area (Å²) < 4.78 is 41.9. The van der Waals surface area contributed by atoms with Crippen molar-refractivity contribution >= 4 is 28.1 Å². The lowest BCUT2D eigenvalue weighted by Crippen LogP contribution is -2.48. The van der Waals surface area contributed by atoms with Crippen molar-refractivity contribution in [2.24, 2.45) is 0 Å². The van der Waals surface area contributed by atoms with Gasteiger partial charge in [-0.05, 0) is 37.7 Å². The number of thiazole rings is 1. The van der Waals surface area contributed by atoms with Crippen molar-refractivity contribution in [3.05, 3.63) is 69.2 Å². The van der Waals surface area contributed by atoms with E-state index in [1.54, 1.807) is 36.4 Å². The van der Waals surface area contributed by atoms with Crippen LogP contribution in [0, 0.1) is 6.92 Å². The fourth-order valence-corrected chi connectivity index (χ4v) is 6.21. The Morgan fingerprint density at radius 1 is 1.12 bits per heavy atom. The molecule has 0 atom stereocenters. The molecule has 0 unspecified atom stereocenters. The number of fused-ring (bicyclic) bond motifs is 1. The van der Waals surface area contributed by atoms with Gasteiger partial charge in [-0.3, -0.25) is 14.6 Å². The Hall–Kier alpha value is -3.61. The first kappa shape index (κ1) is 26.6. The van der Waals surface area contributed by atoms with Gasteiger partial charge in [0, 0.05) is 79.2 Å². The highest BCUT2D eigenvalue weighted by molar-refractivity contribution is 7.13. The average Bonchev–Trinajstić information content (AvgIpc) is 3.43. The van der Waals surface area contributed by atoms with Gasteiger partial charge in [-0.25, -0.2) is 4.98 Å². The van der Waals surface area contributed by atoms with Crippen LogP contribution in [0.5, 0.6) is 0 Å². The lowest BCUT2D eigenvalue weighted by atomic mass is 9.98. The molecule has 2 saturated heterocycles. The van der Waals surface area contributed by atoms with Gasteiger partial charge in [0.05, 0.1) is 11.6 Å². The highest BCUT2D eigenvalue weighted by Gasteiger charge is 2.34. The van der Waals surface area contributed by atoms with Crippen LogP contribution in [0.2, 0.25) is 0 Å². The standard InChI is InChI=1S/C28H27F3N6O2S/c1-16-9-19(26-34-24(15-40-26)28(29,30)31)21(11-33-16)17-3-4-23-20(10-17)25(38)22(14-37(23)18-12-35(2)13-18)27(39)36-7-5-32-6-8-36/h3-4,9-11,14-15,18,32H,5-8,12-13H2,1-2H3. The quantitative estimate of drug-likeness (QED) is 0.400. The number of benzene rings is 1. The van der Waals surface area contributed by atoms with Gasteiger partial charge in [-0.15, -0.1) is 11.3 Å². The van der Waals surface area contributed by atoms with Gasteiger partial charge in [-0.2, -0.15) is 13.2 Å². The molecule has 1 aromatic carbocycles. The van der Waals surface area contributed by atoms with Crippen molar-refractivity contribution in [2.75, 3.05) is 46.3 Å². The van der Waals surface area contributed by atoms with Crippen molar-refractivity contribution in [1.82, 2.24) is 29.7 Å². The third-order valence-corrected chi connectivity index (χ3v) is 8.36. The first-order valence-electron chi connectivity index (χ1n) is 13.0. The van der Waals surface area contributed by atoms with Gasteiger partial charge in [0.2, 0.25) is 5.43 Å². The average molecular weight is 569 g/mol. The maximum atomic E-state index is 13.8. The molecular formula is C28H27F3N6O2S. The van der Waals surface area contributed by atoms with E-state index in [1.165, 1.54) is 0 Å². The van der Waals surface area contributed by atoms with Crippen LogP contribution in [-0.4, -0.2) is 76.6 Å². The van der Waals surface area contributed by atoms with Crippen LogP contribution in [-0.2, 0) is 6.18 Å². The molecule has 6 rings (SSSR count). The maximum Gasteiger partial charge on any atom is 0.434 e. The minimum Gasteiger partial charge on any atom is -0.341 e. The molecule has 8 nitrogen and oxygen atoms in total. The number of carbonyl (C=O) groups is 1. The smallest absolute Gasteiger partial charge is 0.341 e. The topological polar surface area (TPSA) is 83.4 Å². The van der Waals surface area contributed by atoms with Gasteiger partial charge in [0.15, 0.2) is 5.69 Å². The zero-order valence-corrected chi connectivity index (χ0v) is 22.8. The summed E-state index contributed by atoms with van der Waals surface area (Å²) in [6, 6.07) is 7.22. The fourth-order valence-electron chi connectivity index (χ4n) is 5.35. The number of aromatic nitrogens is 3. The molecule has 0 aliphatic carbocycles. The van der Waals surface area contributed by atoms with E-state index in [4.69, 9.17) is 0 Å². The highest BCUT2D eigenvalue weighted by atomic mass is 32.1. The van der Waals surface area contributed by atoms with E-state index in [9.17, 15) is 22.8 Å². The number of amides is 1. The third kappa shape index (κ3) is 4.80. The van der Waals surface area contributed by atoms with Crippen LogP contribution < -0.4 is 10.7 Å². The summed E-state index contributed by atoms with van der Waals surface area (Å²) in [4.78, 5) is 39.4. The van der Waals surface area contributed by atoms with Gasteiger partial charge < -0.3 is 19.7 Å². The number of rotatable bonds is 4. The van der Waals surface area contributed by atoms with Crippen LogP contribution in [0.4, 0.5) is 13.2 Å². The molecule has 2 aliphatic rings. The number of carbonyl (C=O) groups excluding carboxylic acids is 1. The summed E-state index contributed by atoms with van der Waals surface area (Å²) in [5.74, 6) is -0.291. The molecule has 0 spiro atoms. The first-order valence-corrected chi connectivity index (χ1v) is 13.9. The number of alkyl halides is 3. The molecule has 208 valence electrons. The van der Waals surface area contributed by atoms with Crippen LogP contribution >= 0.6 is 11.3 Å². The van der Waals surface area contributed by atoms with E-state index < -0.39 is 11.9 Å². The second kappa shape index (κ2) is 10.1. The summed E-state index contributed by atoms with van der Waals surface area (Å²) >= 11 is 0.908. The number of pyridine rings is 2. The van der Waals surface area contributed by atoms with E-state index >= 15 is 0 Å². The van der Waals surface area contributed by atoms with Crippen molar-refractivity contribution < 1.29 is 18.0 Å². The number of likely N-dealkylation sites (N-methyl/N-ethyl adjacent to an activating group) is 1. The Morgan fingerprint density at radius 2 is 1.88 bits per heavy atom. The van der Waals surface area contributed by atoms with Gasteiger partial charge in [0.25, 0.3) is 5.91 Å². The molecule has 2 aliphatic heterocycles. The number of hydrogen-bond acceptors (Lipinski definition) is 7. The summed E-state index contributed by atoms with van der Waals surface area (Å²) in [6.45, 7) is 5.72. The van der Waals surface area contributed by atoms with Crippen molar-refractivity contribution in [1.29, 1.82) is 0 Å². The highest BCUT2D eigenvalue weighted by Crippen LogP contribution is 2.38. The Labute approximate surface area is 232 Å². The van der Waals surface area contributed by atoms with Crippen molar-refractivity contribution in [3.8, 4) is 21.7 Å². The molecule has 0 saturated carbocycles. The lowest BCUT2D eigenvalue weighted by Gasteiger charge is -2.39. The largest absolute Gasteiger partial charge is 0.434 e. The van der Waals surface area contributed by atoms with Crippen LogP contribution in [0.3, 0.4) is 0 Å². The van der Waals surface area contributed by atoms with Crippen molar-refractivity contribution in [2.45, 2.75) is 19.1 Å². The summed E-state index contributed by atoms with van der Waals surface area (Å²) in [6.07, 6.45) is -1.26. The van der Waals surface area contributed by atoms with Crippen LogP contribution in [0.25, 0.3) is 32.6 Å². The molecule has 1 amide bonds. The van der Waals surface area contributed by atoms with E-state index in [0.29, 0.717) is 59.5 Å². The van der Waals surface area contributed by atoms with Crippen molar-refractivity contribution in [3.63, 3.8) is 0 Å². The van der Waals surface area contributed by atoms with E-state index in [0.717, 1.165) is 29.8 Å². The van der Waals surface area contributed by atoms with E-state index in [-0.39, 0.29) is 27.9 Å². The Bertz CT molecular complexity index is 1670. The number of hydrogen-bond donors (Lipinski definition) is 1. The Morgan fingerprint density at radius 3 is 2.55 bits per heavy atom. The summed E-state index contributed by atoms with van der Waals surface area (Å²) in [7, 11) is 2.01. The summed E-state index contributed by atoms with van der Waals surface area (Å²) in [5, 5.41) is 4.82. The van der Waals surface area contributed by atoms with Gasteiger partial charge >= 0.3 is 6.18 Å². The second-order valence-electron chi connectivity index (χ2n) is 10.3. The monoisotopic (exact) mass is 568 g/mol. The van der Waals surface area contributed by atoms with E-state index in [1.807, 2.05) is 23.7 Å². The molecule has 1 N–H and O–H groups in total. The second-order valence-corrected chi connectivity index (χ2v) is 11.2. The summed E-state index contributed by atoms with van der Waals surface area (Å²) in [5.41, 5.74) is 1.82. The fraction of sp³-hybridized carbons (Fsp3) is 0.357. The maximum absolute atomic E-state index is 13.8. The Balaban J connectivity index is 1.50. The number of piperazine rings is 1. The number of nitrogens with zero attached hydrogens (tertiary/aromatic N) is 5.